The zero-order chi connectivity index (χ0) is 17.3. The van der Waals surface area contributed by atoms with Crippen LogP contribution < -0.4 is 0 Å². The zero-order valence-corrected chi connectivity index (χ0v) is 14.5. The lowest BCUT2D eigenvalue weighted by molar-refractivity contribution is -0.136. The van der Waals surface area contributed by atoms with Crippen LogP contribution in [0, 0.1) is 6.92 Å². The number of methoxy groups -OCH3 is 1. The van der Waals surface area contributed by atoms with Crippen molar-refractivity contribution in [1.29, 1.82) is 0 Å². The van der Waals surface area contributed by atoms with Gasteiger partial charge in [-0.05, 0) is 38.3 Å². The van der Waals surface area contributed by atoms with E-state index in [9.17, 15) is 9.59 Å². The number of rotatable bonds is 3. The van der Waals surface area contributed by atoms with Gasteiger partial charge in [0, 0.05) is 11.7 Å². The molecule has 3 rings (SSSR count). The van der Waals surface area contributed by atoms with E-state index in [1.54, 1.807) is 11.0 Å². The molecule has 0 atom stereocenters. The van der Waals surface area contributed by atoms with E-state index in [-0.39, 0.29) is 11.9 Å². The predicted octanol–water partition coefficient (Wildman–Crippen LogP) is 3.61. The van der Waals surface area contributed by atoms with Crippen LogP contribution >= 0.6 is 0 Å². The molecule has 1 aliphatic carbocycles. The van der Waals surface area contributed by atoms with Gasteiger partial charge in [0.25, 0.3) is 5.91 Å². The number of ether oxygens (including phenoxy) is 1. The van der Waals surface area contributed by atoms with Crippen molar-refractivity contribution in [2.24, 2.45) is 0 Å². The molecule has 4 heteroatoms. The Balaban J connectivity index is 2.06. The molecule has 126 valence electrons. The van der Waals surface area contributed by atoms with Crippen molar-refractivity contribution in [2.75, 3.05) is 7.11 Å². The zero-order valence-electron chi connectivity index (χ0n) is 14.5. The molecule has 1 saturated carbocycles. The molecule has 2 aliphatic rings. The van der Waals surface area contributed by atoms with Gasteiger partial charge in [-0.1, -0.05) is 42.7 Å². The quantitative estimate of drug-likeness (QED) is 0.630. The number of esters is 1. The first-order valence-electron chi connectivity index (χ1n) is 8.44. The number of nitrogens with zero attached hydrogens (tertiary/aromatic N) is 1. The van der Waals surface area contributed by atoms with Gasteiger partial charge in [-0.3, -0.25) is 4.79 Å². The highest BCUT2D eigenvalue weighted by atomic mass is 16.5. The van der Waals surface area contributed by atoms with Gasteiger partial charge in [0.2, 0.25) is 0 Å². The highest BCUT2D eigenvalue weighted by Crippen LogP contribution is 2.37. The highest BCUT2D eigenvalue weighted by molar-refractivity contribution is 6.16. The second kappa shape index (κ2) is 6.63. The summed E-state index contributed by atoms with van der Waals surface area (Å²) >= 11 is 0. The molecule has 1 amide bonds. The summed E-state index contributed by atoms with van der Waals surface area (Å²) in [5.74, 6) is -0.526. The second-order valence-electron chi connectivity index (χ2n) is 6.54. The van der Waals surface area contributed by atoms with E-state index in [0.29, 0.717) is 11.1 Å². The van der Waals surface area contributed by atoms with Crippen LogP contribution in [0.3, 0.4) is 0 Å². The normalized spacial score (nSPS) is 20.4. The lowest BCUT2D eigenvalue weighted by Gasteiger charge is -2.25. The minimum Gasteiger partial charge on any atom is -0.465 e. The Morgan fingerprint density at radius 3 is 2.58 bits per heavy atom. The molecule has 0 spiro atoms. The van der Waals surface area contributed by atoms with Crippen LogP contribution in [0.25, 0.3) is 6.08 Å². The molecule has 0 unspecified atom stereocenters. The van der Waals surface area contributed by atoms with Gasteiger partial charge in [-0.25, -0.2) is 4.79 Å². The molecule has 1 fully saturated rings. The molecule has 1 heterocycles. The Labute approximate surface area is 142 Å². The van der Waals surface area contributed by atoms with Crippen molar-refractivity contribution in [3.8, 4) is 0 Å². The van der Waals surface area contributed by atoms with Crippen molar-refractivity contribution < 1.29 is 14.3 Å². The lowest BCUT2D eigenvalue weighted by atomic mass is 10.0. The third kappa shape index (κ3) is 2.88. The summed E-state index contributed by atoms with van der Waals surface area (Å²) in [6, 6.07) is 8.09. The van der Waals surface area contributed by atoms with Crippen molar-refractivity contribution in [1.82, 2.24) is 4.90 Å². The Hall–Kier alpha value is -2.36. The molecule has 24 heavy (non-hydrogen) atoms. The second-order valence-corrected chi connectivity index (χ2v) is 6.54. The molecular weight excluding hydrogens is 302 g/mol. The Bertz CT molecular complexity index is 739. The first-order valence-corrected chi connectivity index (χ1v) is 8.44. The van der Waals surface area contributed by atoms with E-state index in [1.165, 1.54) is 7.11 Å². The van der Waals surface area contributed by atoms with Crippen molar-refractivity contribution in [2.45, 2.75) is 45.6 Å². The van der Waals surface area contributed by atoms with Gasteiger partial charge < -0.3 is 9.64 Å². The summed E-state index contributed by atoms with van der Waals surface area (Å²) in [6.07, 6.45) is 6.06. The molecule has 0 saturated heterocycles. The number of hydrogen-bond donors (Lipinski definition) is 0. The molecule has 1 aliphatic heterocycles. The standard InChI is InChI=1S/C20H23NO3/c1-13-7-6-8-15(11-13)12-17-18(20(23)24-3)14(2)21(19(17)22)16-9-4-5-10-16/h6-8,11-12,16H,4-5,9-10H2,1-3H3. The van der Waals surface area contributed by atoms with Crippen LogP contribution in [-0.2, 0) is 14.3 Å². The van der Waals surface area contributed by atoms with Gasteiger partial charge >= 0.3 is 5.97 Å². The third-order valence-corrected chi connectivity index (χ3v) is 4.87. The largest absolute Gasteiger partial charge is 0.465 e. The average molecular weight is 325 g/mol. The van der Waals surface area contributed by atoms with Crippen LogP contribution in [0.15, 0.2) is 41.1 Å². The average Bonchev–Trinajstić information content (AvgIpc) is 3.15. The monoisotopic (exact) mass is 325 g/mol. The number of benzene rings is 1. The van der Waals surface area contributed by atoms with Gasteiger partial charge in [-0.2, -0.15) is 0 Å². The number of carbonyl (C=O) groups excluding carboxylic acids is 2. The van der Waals surface area contributed by atoms with Crippen molar-refractivity contribution >= 4 is 18.0 Å². The van der Waals surface area contributed by atoms with Crippen LogP contribution in [0.4, 0.5) is 0 Å². The lowest BCUT2D eigenvalue weighted by Crippen LogP contribution is -2.34. The van der Waals surface area contributed by atoms with E-state index in [4.69, 9.17) is 4.74 Å². The number of allylic oxidation sites excluding steroid dienone is 1. The SMILES string of the molecule is COC(=O)C1=C(C)N(C2CCCC2)C(=O)C1=Cc1cccc(C)c1. The molecule has 0 radical (unpaired) electrons. The van der Waals surface area contributed by atoms with Crippen LogP contribution in [0.5, 0.6) is 0 Å². The Morgan fingerprint density at radius 2 is 1.96 bits per heavy atom. The van der Waals surface area contributed by atoms with Gasteiger partial charge in [0.05, 0.1) is 18.3 Å². The van der Waals surface area contributed by atoms with Gasteiger partial charge in [0.1, 0.15) is 0 Å². The first kappa shape index (κ1) is 16.5. The van der Waals surface area contributed by atoms with E-state index in [0.717, 1.165) is 42.5 Å². The number of carbonyl (C=O) groups is 2. The van der Waals surface area contributed by atoms with E-state index in [2.05, 4.69) is 0 Å². The molecule has 1 aromatic carbocycles. The van der Waals surface area contributed by atoms with E-state index >= 15 is 0 Å². The van der Waals surface area contributed by atoms with Crippen LogP contribution in [-0.4, -0.2) is 29.9 Å². The summed E-state index contributed by atoms with van der Waals surface area (Å²) in [5, 5.41) is 0. The molecule has 4 nitrogen and oxygen atoms in total. The molecule has 1 aromatic rings. The topological polar surface area (TPSA) is 46.6 Å². The minimum absolute atomic E-state index is 0.0821. The van der Waals surface area contributed by atoms with E-state index in [1.807, 2.05) is 38.1 Å². The maximum Gasteiger partial charge on any atom is 0.340 e. The molecule has 0 aromatic heterocycles. The van der Waals surface area contributed by atoms with Crippen molar-refractivity contribution in [3.05, 3.63) is 52.2 Å². The fraction of sp³-hybridized carbons (Fsp3) is 0.400. The minimum atomic E-state index is -0.444. The number of hydrogen-bond acceptors (Lipinski definition) is 3. The maximum atomic E-state index is 13.0. The molecule has 0 bridgehead atoms. The smallest absolute Gasteiger partial charge is 0.340 e. The fourth-order valence-corrected chi connectivity index (χ4v) is 3.73. The maximum absolute atomic E-state index is 13.0. The number of aryl methyl sites for hydroxylation is 1. The summed E-state index contributed by atoms with van der Waals surface area (Å²) in [6.45, 7) is 3.85. The van der Waals surface area contributed by atoms with Gasteiger partial charge in [0.15, 0.2) is 0 Å². The number of amides is 1. The first-order chi connectivity index (χ1) is 11.5. The van der Waals surface area contributed by atoms with Crippen LogP contribution in [0.2, 0.25) is 0 Å². The Kier molecular flexibility index (Phi) is 4.56. The van der Waals surface area contributed by atoms with Crippen molar-refractivity contribution in [3.63, 3.8) is 0 Å². The predicted molar refractivity (Wildman–Crippen MR) is 93.0 cm³/mol. The van der Waals surface area contributed by atoms with E-state index < -0.39 is 5.97 Å². The van der Waals surface area contributed by atoms with Crippen LogP contribution in [0.1, 0.15) is 43.7 Å². The molecular formula is C20H23NO3. The molecule has 0 N–H and O–H groups in total. The summed E-state index contributed by atoms with van der Waals surface area (Å²) in [4.78, 5) is 27.1. The summed E-state index contributed by atoms with van der Waals surface area (Å²) in [5.41, 5.74) is 3.59. The van der Waals surface area contributed by atoms with Gasteiger partial charge in [-0.15, -0.1) is 0 Å². The third-order valence-electron chi connectivity index (χ3n) is 4.87. The fourth-order valence-electron chi connectivity index (χ4n) is 3.73. The summed E-state index contributed by atoms with van der Waals surface area (Å²) < 4.78 is 4.94. The highest BCUT2D eigenvalue weighted by Gasteiger charge is 2.40. The summed E-state index contributed by atoms with van der Waals surface area (Å²) in [7, 11) is 1.36. The Morgan fingerprint density at radius 1 is 1.25 bits per heavy atom.